The summed E-state index contributed by atoms with van der Waals surface area (Å²) in [6.07, 6.45) is 4.85. The van der Waals surface area contributed by atoms with Crippen LogP contribution in [0.1, 0.15) is 38.1 Å². The molecule has 5 heteroatoms. The summed E-state index contributed by atoms with van der Waals surface area (Å²) in [6, 6.07) is -0.0493. The first-order chi connectivity index (χ1) is 8.54. The van der Waals surface area contributed by atoms with Crippen LogP contribution < -0.4 is 5.32 Å². The van der Waals surface area contributed by atoms with E-state index in [1.54, 1.807) is 17.5 Å². The molecule has 0 radical (unpaired) electrons. The molecule has 100 valence electrons. The predicted molar refractivity (Wildman–Crippen MR) is 73.4 cm³/mol. The number of rotatable bonds is 3. The van der Waals surface area contributed by atoms with Crippen LogP contribution in [0.3, 0.4) is 0 Å². The van der Waals surface area contributed by atoms with Crippen LogP contribution >= 0.6 is 11.3 Å². The molecular formula is C13H21N3OS. The van der Waals surface area contributed by atoms with Gasteiger partial charge in [-0.1, -0.05) is 0 Å². The van der Waals surface area contributed by atoms with Crippen molar-refractivity contribution in [1.82, 2.24) is 15.2 Å². The summed E-state index contributed by atoms with van der Waals surface area (Å²) in [4.78, 5) is 18.8. The number of likely N-dealkylation sites (N-methyl/N-ethyl adjacent to an activating group) is 1. The van der Waals surface area contributed by atoms with Crippen LogP contribution in [0.5, 0.6) is 0 Å². The van der Waals surface area contributed by atoms with Crippen molar-refractivity contribution in [2.45, 2.75) is 51.2 Å². The van der Waals surface area contributed by atoms with Crippen molar-refractivity contribution in [3.63, 3.8) is 0 Å². The Bertz CT molecular complexity index is 402. The minimum atomic E-state index is -0.0889. The molecule has 1 N–H and O–H groups in total. The van der Waals surface area contributed by atoms with E-state index >= 15 is 0 Å². The van der Waals surface area contributed by atoms with Gasteiger partial charge in [-0.15, -0.1) is 11.3 Å². The maximum atomic E-state index is 12.6. The zero-order valence-electron chi connectivity index (χ0n) is 11.3. The lowest BCUT2D eigenvalue weighted by molar-refractivity contribution is -0.138. The first-order valence-electron chi connectivity index (χ1n) is 6.42. The molecule has 0 bridgehead atoms. The molecule has 0 aromatic carbocycles. The zero-order valence-corrected chi connectivity index (χ0v) is 12.1. The zero-order chi connectivity index (χ0) is 13.2. The van der Waals surface area contributed by atoms with E-state index in [-0.39, 0.29) is 17.5 Å². The number of amides is 1. The molecule has 2 heterocycles. The SMILES string of the molecule is CNC1CCCC(C)(C)N(Cc2nccs2)C1=O. The van der Waals surface area contributed by atoms with Gasteiger partial charge in [-0.2, -0.15) is 0 Å². The Morgan fingerprint density at radius 2 is 2.39 bits per heavy atom. The average Bonchev–Trinajstić information content (AvgIpc) is 2.80. The third kappa shape index (κ3) is 2.72. The van der Waals surface area contributed by atoms with Crippen molar-refractivity contribution < 1.29 is 4.79 Å². The Hall–Kier alpha value is -0.940. The summed E-state index contributed by atoms with van der Waals surface area (Å²) in [7, 11) is 1.86. The van der Waals surface area contributed by atoms with Gasteiger partial charge in [-0.05, 0) is 40.2 Å². The number of carbonyl (C=O) groups is 1. The summed E-state index contributed by atoms with van der Waals surface area (Å²) in [6.45, 7) is 4.93. The first-order valence-corrected chi connectivity index (χ1v) is 7.29. The molecule has 1 amide bonds. The molecule has 1 aliphatic heterocycles. The fourth-order valence-electron chi connectivity index (χ4n) is 2.51. The summed E-state index contributed by atoms with van der Waals surface area (Å²) >= 11 is 1.61. The highest BCUT2D eigenvalue weighted by Gasteiger charge is 2.37. The summed E-state index contributed by atoms with van der Waals surface area (Å²) in [5.74, 6) is 0.204. The Morgan fingerprint density at radius 1 is 1.61 bits per heavy atom. The number of carbonyl (C=O) groups excluding carboxylic acids is 1. The van der Waals surface area contributed by atoms with Crippen molar-refractivity contribution in [3.05, 3.63) is 16.6 Å². The number of nitrogens with one attached hydrogen (secondary N) is 1. The van der Waals surface area contributed by atoms with Gasteiger partial charge in [0.1, 0.15) is 5.01 Å². The molecule has 1 saturated heterocycles. The van der Waals surface area contributed by atoms with E-state index in [9.17, 15) is 4.79 Å². The van der Waals surface area contributed by atoms with Crippen LogP contribution in [-0.2, 0) is 11.3 Å². The Balaban J connectivity index is 2.22. The predicted octanol–water partition coefficient (Wildman–Crippen LogP) is 2.02. The maximum Gasteiger partial charge on any atom is 0.240 e. The van der Waals surface area contributed by atoms with Crippen molar-refractivity contribution in [2.75, 3.05) is 7.05 Å². The summed E-state index contributed by atoms with van der Waals surface area (Å²) in [5, 5.41) is 6.10. The molecule has 1 aliphatic rings. The molecule has 1 unspecified atom stereocenters. The highest BCUT2D eigenvalue weighted by atomic mass is 32.1. The van der Waals surface area contributed by atoms with Gasteiger partial charge in [0.15, 0.2) is 0 Å². The average molecular weight is 267 g/mol. The fourth-order valence-corrected chi connectivity index (χ4v) is 3.11. The van der Waals surface area contributed by atoms with Gasteiger partial charge in [-0.3, -0.25) is 4.79 Å². The van der Waals surface area contributed by atoms with Gasteiger partial charge in [0, 0.05) is 17.1 Å². The molecule has 1 aromatic heterocycles. The minimum Gasteiger partial charge on any atom is -0.329 e. The Morgan fingerprint density at radius 3 is 3.00 bits per heavy atom. The van der Waals surface area contributed by atoms with Gasteiger partial charge >= 0.3 is 0 Å². The number of aromatic nitrogens is 1. The van der Waals surface area contributed by atoms with Gasteiger partial charge in [0.05, 0.1) is 12.6 Å². The molecule has 1 fully saturated rings. The van der Waals surface area contributed by atoms with E-state index in [0.717, 1.165) is 24.3 Å². The van der Waals surface area contributed by atoms with E-state index in [4.69, 9.17) is 0 Å². The topological polar surface area (TPSA) is 45.2 Å². The fraction of sp³-hybridized carbons (Fsp3) is 0.692. The molecule has 1 atom stereocenters. The molecule has 2 rings (SSSR count). The van der Waals surface area contributed by atoms with Crippen LogP contribution in [-0.4, -0.2) is 34.4 Å². The first kappa shape index (κ1) is 13.5. The highest BCUT2D eigenvalue weighted by Crippen LogP contribution is 2.29. The third-order valence-electron chi connectivity index (χ3n) is 3.70. The van der Waals surface area contributed by atoms with Crippen molar-refractivity contribution in [1.29, 1.82) is 0 Å². The van der Waals surface area contributed by atoms with Crippen LogP contribution in [0.2, 0.25) is 0 Å². The Labute approximate surface area is 112 Å². The largest absolute Gasteiger partial charge is 0.329 e. The molecule has 18 heavy (non-hydrogen) atoms. The second-order valence-corrected chi connectivity index (χ2v) is 6.38. The Kier molecular flexibility index (Phi) is 4.02. The van der Waals surface area contributed by atoms with E-state index in [0.29, 0.717) is 6.54 Å². The number of nitrogens with zero attached hydrogens (tertiary/aromatic N) is 2. The summed E-state index contributed by atoms with van der Waals surface area (Å²) < 4.78 is 0. The normalized spacial score (nSPS) is 24.1. The monoisotopic (exact) mass is 267 g/mol. The van der Waals surface area contributed by atoms with E-state index < -0.39 is 0 Å². The highest BCUT2D eigenvalue weighted by molar-refractivity contribution is 7.09. The maximum absolute atomic E-state index is 12.6. The van der Waals surface area contributed by atoms with Crippen molar-refractivity contribution in [3.8, 4) is 0 Å². The van der Waals surface area contributed by atoms with Gasteiger partial charge < -0.3 is 10.2 Å². The van der Waals surface area contributed by atoms with Crippen molar-refractivity contribution >= 4 is 17.2 Å². The number of likely N-dealkylation sites (tertiary alicyclic amines) is 1. The lowest BCUT2D eigenvalue weighted by Gasteiger charge is -2.37. The van der Waals surface area contributed by atoms with Gasteiger partial charge in [-0.25, -0.2) is 4.98 Å². The van der Waals surface area contributed by atoms with Crippen LogP contribution in [0, 0.1) is 0 Å². The molecule has 4 nitrogen and oxygen atoms in total. The van der Waals surface area contributed by atoms with E-state index in [1.807, 2.05) is 17.3 Å². The third-order valence-corrected chi connectivity index (χ3v) is 4.47. The van der Waals surface area contributed by atoms with E-state index in [1.165, 1.54) is 0 Å². The van der Waals surface area contributed by atoms with Gasteiger partial charge in [0.2, 0.25) is 5.91 Å². The second-order valence-electron chi connectivity index (χ2n) is 5.40. The molecule has 0 spiro atoms. The number of thiazole rings is 1. The van der Waals surface area contributed by atoms with Crippen LogP contribution in [0.25, 0.3) is 0 Å². The van der Waals surface area contributed by atoms with Crippen LogP contribution in [0.15, 0.2) is 11.6 Å². The smallest absolute Gasteiger partial charge is 0.240 e. The number of hydrogen-bond acceptors (Lipinski definition) is 4. The number of hydrogen-bond donors (Lipinski definition) is 1. The van der Waals surface area contributed by atoms with E-state index in [2.05, 4.69) is 24.1 Å². The second kappa shape index (κ2) is 5.36. The molecular weight excluding hydrogens is 246 g/mol. The molecule has 1 aromatic rings. The quantitative estimate of drug-likeness (QED) is 0.911. The lowest BCUT2D eigenvalue weighted by atomic mass is 9.97. The minimum absolute atomic E-state index is 0.0493. The van der Waals surface area contributed by atoms with Crippen molar-refractivity contribution in [2.24, 2.45) is 0 Å². The summed E-state index contributed by atoms with van der Waals surface area (Å²) in [5.41, 5.74) is -0.0889. The lowest BCUT2D eigenvalue weighted by Crippen LogP contribution is -2.51. The van der Waals surface area contributed by atoms with Crippen LogP contribution in [0.4, 0.5) is 0 Å². The standard InChI is InChI=1S/C13H21N3OS/c1-13(2)6-4-5-10(14-3)12(17)16(13)9-11-15-7-8-18-11/h7-8,10,14H,4-6,9H2,1-3H3. The van der Waals surface area contributed by atoms with Gasteiger partial charge in [0.25, 0.3) is 0 Å². The molecule has 0 saturated carbocycles. The molecule has 0 aliphatic carbocycles.